The second-order valence-electron chi connectivity index (χ2n) is 1.65. The summed E-state index contributed by atoms with van der Waals surface area (Å²) in [6, 6.07) is 0. The van der Waals surface area contributed by atoms with Crippen molar-refractivity contribution in [2.45, 2.75) is 13.8 Å². The molecule has 1 radical (unpaired) electrons. The molecule has 0 aliphatic carbocycles. The second-order valence-corrected chi connectivity index (χ2v) is 2.51. The molecule has 0 unspecified atom stereocenters. The van der Waals surface area contributed by atoms with Gasteiger partial charge in [-0.25, -0.2) is 0 Å². The van der Waals surface area contributed by atoms with Crippen LogP contribution in [-0.2, 0) is 17.1 Å². The number of rotatable bonds is 8. The van der Waals surface area contributed by atoms with Crippen LogP contribution >= 0.6 is 0 Å². The van der Waals surface area contributed by atoms with E-state index in [1.54, 1.807) is 0 Å². The average molecular weight is 185 g/mol. The van der Waals surface area contributed by atoms with Crippen molar-refractivity contribution in [3.63, 3.8) is 0 Å². The van der Waals surface area contributed by atoms with E-state index in [2.05, 4.69) is 0 Å². The molecule has 0 amide bonds. The third kappa shape index (κ3) is 13.6. The Hall–Kier alpha value is 0.970. The molecule has 0 atom stereocenters. The number of ether oxygens (including phenoxy) is 2. The zero-order valence-corrected chi connectivity index (χ0v) is 9.19. The Balaban J connectivity index is -0.000000500. The minimum absolute atomic E-state index is 0. The Bertz CT molecular complexity index is 73.7. The first-order valence-electron chi connectivity index (χ1n) is 3.62. The van der Waals surface area contributed by atoms with Gasteiger partial charge in [-0.2, -0.15) is 0 Å². The van der Waals surface area contributed by atoms with Gasteiger partial charge >= 0.3 is 34.7 Å². The van der Waals surface area contributed by atoms with Gasteiger partial charge in [-0.1, -0.05) is 0 Å². The van der Waals surface area contributed by atoms with Crippen LogP contribution in [0.25, 0.3) is 0 Å². The minimum atomic E-state index is -0.439. The Labute approximate surface area is 93.9 Å². The largest absolute Gasteiger partial charge is 1.00 e. The fourth-order valence-corrected chi connectivity index (χ4v) is 0.766. The van der Waals surface area contributed by atoms with Crippen LogP contribution in [0.1, 0.15) is 15.3 Å². The fraction of sp³-hybridized carbons (Fsp3) is 1.00. The molecule has 6 heteroatoms. The maximum absolute atomic E-state index is 4.98. The van der Waals surface area contributed by atoms with Gasteiger partial charge in [-0.3, -0.25) is 0 Å². The molecule has 12 heavy (non-hydrogen) atoms. The first-order valence-corrected chi connectivity index (χ1v) is 4.56. The van der Waals surface area contributed by atoms with Crippen molar-refractivity contribution < 1.29 is 37.3 Å². The predicted octanol–water partition coefficient (Wildman–Crippen LogP) is -2.34. The molecule has 0 bridgehead atoms. The Morgan fingerprint density at radius 1 is 1.00 bits per heavy atom. The van der Waals surface area contributed by atoms with E-state index < -0.39 is 15.9 Å². The molecule has 67 valence electrons. The van der Waals surface area contributed by atoms with Gasteiger partial charge in [0, 0.05) is 13.2 Å². The van der Waals surface area contributed by atoms with Crippen LogP contribution in [0.5, 0.6) is 0 Å². The summed E-state index contributed by atoms with van der Waals surface area (Å²) in [6.07, 6.45) is 0. The zero-order valence-electron chi connectivity index (χ0n) is 9.04. The predicted molar refractivity (Wildman–Crippen MR) is 42.0 cm³/mol. The molecule has 0 aromatic heterocycles. The van der Waals surface area contributed by atoms with E-state index in [1.165, 1.54) is 0 Å². The molecule has 0 N–H and O–H groups in total. The van der Waals surface area contributed by atoms with Crippen molar-refractivity contribution in [3.05, 3.63) is 0 Å². The van der Waals surface area contributed by atoms with Crippen molar-refractivity contribution in [1.29, 1.82) is 0 Å². The average Bonchev–Trinajstić information content (AvgIpc) is 2.03. The maximum Gasteiger partial charge on any atom is 1.00 e. The normalized spacial score (nSPS) is 9.17. The molecule has 0 heterocycles. The third-order valence-corrected chi connectivity index (χ3v) is 1.39. The van der Waals surface area contributed by atoms with Gasteiger partial charge in [-0.15, -0.1) is 0 Å². The summed E-state index contributed by atoms with van der Waals surface area (Å²) in [5.41, 5.74) is 0. The van der Waals surface area contributed by atoms with Crippen LogP contribution in [0.3, 0.4) is 0 Å². The van der Waals surface area contributed by atoms with E-state index in [0.29, 0.717) is 26.8 Å². The molecule has 0 spiro atoms. The van der Waals surface area contributed by atoms with E-state index >= 15 is 0 Å². The van der Waals surface area contributed by atoms with Gasteiger partial charge < -0.3 is 18.5 Å². The van der Waals surface area contributed by atoms with Crippen LogP contribution in [0, 0.1) is 0 Å². The standard InChI is InChI=1S/2C3H7O2.Al.Li.H/c2*1-2-5-3-4;;;/h2*2-3H2,1H3;;;/q2*-1;+2;+1;-1. The summed E-state index contributed by atoms with van der Waals surface area (Å²) in [6.45, 7) is 5.81. The molecule has 0 rings (SSSR count). The van der Waals surface area contributed by atoms with Gasteiger partial charge in [0.25, 0.3) is 0 Å². The minimum Gasteiger partial charge on any atom is -1.00 e. The summed E-state index contributed by atoms with van der Waals surface area (Å²) < 4.78 is 19.8. The van der Waals surface area contributed by atoms with Crippen molar-refractivity contribution in [2.75, 3.05) is 26.8 Å². The second kappa shape index (κ2) is 14.5. The Kier molecular flexibility index (Phi) is 18.6. The smallest absolute Gasteiger partial charge is 1.00 e. The van der Waals surface area contributed by atoms with E-state index in [0.717, 1.165) is 0 Å². The zero-order chi connectivity index (χ0) is 8.36. The summed E-state index contributed by atoms with van der Waals surface area (Å²) in [5.74, 6) is 0. The molecule has 0 saturated carbocycles. The maximum atomic E-state index is 4.98. The molecular weight excluding hydrogens is 170 g/mol. The van der Waals surface area contributed by atoms with Gasteiger partial charge in [0.15, 0.2) is 0 Å². The van der Waals surface area contributed by atoms with Gasteiger partial charge in [0.05, 0.1) is 0 Å². The number of hydrogen-bond donors (Lipinski definition) is 0. The Morgan fingerprint density at radius 2 is 1.42 bits per heavy atom. The quantitative estimate of drug-likeness (QED) is 0.241. The number of hydrogen-bond acceptors (Lipinski definition) is 4. The topological polar surface area (TPSA) is 36.9 Å². The van der Waals surface area contributed by atoms with Crippen molar-refractivity contribution in [1.82, 2.24) is 0 Å². The molecular formula is C6H15AlLiO4. The fourth-order valence-electron chi connectivity index (χ4n) is 0.367. The Morgan fingerprint density at radius 3 is 1.75 bits per heavy atom. The molecule has 0 aliphatic rings. The van der Waals surface area contributed by atoms with Crippen LogP contribution < -0.4 is 18.9 Å². The summed E-state index contributed by atoms with van der Waals surface area (Å²) in [7, 11) is 0. The van der Waals surface area contributed by atoms with Gasteiger partial charge in [-0.05, 0) is 13.8 Å². The van der Waals surface area contributed by atoms with Gasteiger partial charge in [0.2, 0.25) is 0 Å². The summed E-state index contributed by atoms with van der Waals surface area (Å²) in [4.78, 5) is 0. The van der Waals surface area contributed by atoms with Crippen molar-refractivity contribution in [3.8, 4) is 0 Å². The third-order valence-electron chi connectivity index (χ3n) is 0.847. The van der Waals surface area contributed by atoms with E-state index in [4.69, 9.17) is 17.1 Å². The SMILES string of the molecule is CCOC[O][Al][O]COCC.[H-].[Li+]. The first kappa shape index (κ1) is 15.4. The molecule has 0 fully saturated rings. The van der Waals surface area contributed by atoms with Gasteiger partial charge in [0.1, 0.15) is 13.6 Å². The van der Waals surface area contributed by atoms with Crippen molar-refractivity contribution >= 4 is 15.9 Å². The van der Waals surface area contributed by atoms with Crippen LogP contribution in [0.4, 0.5) is 0 Å². The van der Waals surface area contributed by atoms with E-state index in [-0.39, 0.29) is 20.3 Å². The molecule has 0 aromatic carbocycles. The molecule has 4 nitrogen and oxygen atoms in total. The summed E-state index contributed by atoms with van der Waals surface area (Å²) >= 11 is -0.439. The van der Waals surface area contributed by atoms with Crippen molar-refractivity contribution in [2.24, 2.45) is 0 Å². The molecule has 0 saturated heterocycles. The van der Waals surface area contributed by atoms with Crippen LogP contribution in [0.15, 0.2) is 0 Å². The van der Waals surface area contributed by atoms with E-state index in [1.807, 2.05) is 13.8 Å². The van der Waals surface area contributed by atoms with E-state index in [9.17, 15) is 0 Å². The molecule has 0 aromatic rings. The first-order chi connectivity index (χ1) is 5.41. The van der Waals surface area contributed by atoms with Crippen LogP contribution in [0.2, 0.25) is 0 Å². The monoisotopic (exact) mass is 185 g/mol. The summed E-state index contributed by atoms with van der Waals surface area (Å²) in [5, 5.41) is 0. The molecule has 0 aliphatic heterocycles. The van der Waals surface area contributed by atoms with Crippen LogP contribution in [-0.4, -0.2) is 42.7 Å².